The molecule has 0 atom stereocenters. The summed E-state index contributed by atoms with van der Waals surface area (Å²) >= 11 is 5.66. The third kappa shape index (κ3) is 2.86. The van der Waals surface area contributed by atoms with Crippen LogP contribution in [0.1, 0.15) is 15.9 Å². The van der Waals surface area contributed by atoms with Gasteiger partial charge in [-0.3, -0.25) is 0 Å². The van der Waals surface area contributed by atoms with Crippen molar-refractivity contribution in [3.05, 3.63) is 29.3 Å². The number of carbonyl (C=O) groups is 1. The van der Waals surface area contributed by atoms with Crippen LogP contribution in [0.2, 0.25) is 0 Å². The van der Waals surface area contributed by atoms with E-state index in [1.54, 1.807) is 25.3 Å². The molecule has 4 heteroatoms. The highest BCUT2D eigenvalue weighted by Gasteiger charge is 2.11. The van der Waals surface area contributed by atoms with Crippen molar-refractivity contribution >= 4 is 17.6 Å². The molecule has 1 rings (SSSR count). The number of hydrogen-bond acceptors (Lipinski definition) is 3. The van der Waals surface area contributed by atoms with Crippen LogP contribution >= 0.6 is 11.6 Å². The molecule has 15 heavy (non-hydrogen) atoms. The van der Waals surface area contributed by atoms with Crippen LogP contribution in [0, 0.1) is 0 Å². The number of rotatable bonds is 4. The highest BCUT2D eigenvalue weighted by molar-refractivity contribution is 6.18. The maximum Gasteiger partial charge on any atom is 0.338 e. The zero-order chi connectivity index (χ0) is 11.3. The van der Waals surface area contributed by atoms with Gasteiger partial charge in [0.2, 0.25) is 0 Å². The van der Waals surface area contributed by atoms with Crippen molar-refractivity contribution in [2.45, 2.75) is 6.42 Å². The SMILES string of the molecule is COC(=O)c1ccc(OC)cc1CCCl. The summed E-state index contributed by atoms with van der Waals surface area (Å²) in [5.41, 5.74) is 1.38. The van der Waals surface area contributed by atoms with Crippen LogP contribution in [0.3, 0.4) is 0 Å². The Hall–Kier alpha value is -1.22. The van der Waals surface area contributed by atoms with E-state index in [0.29, 0.717) is 23.6 Å². The number of alkyl halides is 1. The molecule has 0 spiro atoms. The van der Waals surface area contributed by atoms with Crippen LogP contribution in [0.4, 0.5) is 0 Å². The fraction of sp³-hybridized carbons (Fsp3) is 0.364. The summed E-state index contributed by atoms with van der Waals surface area (Å²) in [6, 6.07) is 5.21. The molecule has 0 heterocycles. The largest absolute Gasteiger partial charge is 0.497 e. The molecule has 0 aliphatic heterocycles. The second-order valence-electron chi connectivity index (χ2n) is 2.95. The molecule has 0 saturated carbocycles. The van der Waals surface area contributed by atoms with E-state index >= 15 is 0 Å². The lowest BCUT2D eigenvalue weighted by atomic mass is 10.0. The van der Waals surface area contributed by atoms with E-state index in [9.17, 15) is 4.79 Å². The quantitative estimate of drug-likeness (QED) is 0.586. The normalized spacial score (nSPS) is 9.80. The number of esters is 1. The van der Waals surface area contributed by atoms with Gasteiger partial charge in [-0.05, 0) is 30.2 Å². The number of methoxy groups -OCH3 is 2. The maximum absolute atomic E-state index is 11.4. The van der Waals surface area contributed by atoms with Crippen LogP contribution in [-0.4, -0.2) is 26.1 Å². The fourth-order valence-electron chi connectivity index (χ4n) is 1.31. The van der Waals surface area contributed by atoms with Crippen LogP contribution in [0.25, 0.3) is 0 Å². The van der Waals surface area contributed by atoms with Crippen LogP contribution < -0.4 is 4.74 Å². The number of carbonyl (C=O) groups excluding carboxylic acids is 1. The summed E-state index contributed by atoms with van der Waals surface area (Å²) in [7, 11) is 2.94. The third-order valence-corrected chi connectivity index (χ3v) is 2.27. The molecule has 0 fully saturated rings. The molecular formula is C11H13ClO3. The molecule has 1 aromatic carbocycles. The van der Waals surface area contributed by atoms with Crippen molar-refractivity contribution in [2.75, 3.05) is 20.1 Å². The lowest BCUT2D eigenvalue weighted by Gasteiger charge is -2.08. The van der Waals surface area contributed by atoms with E-state index in [4.69, 9.17) is 16.3 Å². The van der Waals surface area contributed by atoms with E-state index in [0.717, 1.165) is 5.56 Å². The predicted octanol–water partition coefficient (Wildman–Crippen LogP) is 2.26. The van der Waals surface area contributed by atoms with Gasteiger partial charge in [-0.15, -0.1) is 11.6 Å². The summed E-state index contributed by atoms with van der Waals surface area (Å²) in [6.45, 7) is 0. The maximum atomic E-state index is 11.4. The molecular weight excluding hydrogens is 216 g/mol. The Morgan fingerprint density at radius 2 is 2.13 bits per heavy atom. The molecule has 0 saturated heterocycles. The first-order valence-corrected chi connectivity index (χ1v) is 5.07. The highest BCUT2D eigenvalue weighted by Crippen LogP contribution is 2.19. The van der Waals surface area contributed by atoms with Crippen LogP contribution in [-0.2, 0) is 11.2 Å². The predicted molar refractivity (Wildman–Crippen MR) is 58.8 cm³/mol. The van der Waals surface area contributed by atoms with Gasteiger partial charge in [-0.25, -0.2) is 4.79 Å². The van der Waals surface area contributed by atoms with Gasteiger partial charge in [-0.1, -0.05) is 0 Å². The van der Waals surface area contributed by atoms with E-state index in [-0.39, 0.29) is 5.97 Å². The minimum atomic E-state index is -0.349. The van der Waals surface area contributed by atoms with Gasteiger partial charge in [0.05, 0.1) is 19.8 Å². The summed E-state index contributed by atoms with van der Waals surface area (Å²) in [4.78, 5) is 11.4. The van der Waals surface area contributed by atoms with Crippen molar-refractivity contribution in [3.63, 3.8) is 0 Å². The van der Waals surface area contributed by atoms with Gasteiger partial charge < -0.3 is 9.47 Å². The molecule has 0 aromatic heterocycles. The molecule has 0 aliphatic carbocycles. The van der Waals surface area contributed by atoms with Gasteiger partial charge in [-0.2, -0.15) is 0 Å². The number of aryl methyl sites for hydroxylation is 1. The van der Waals surface area contributed by atoms with Crippen molar-refractivity contribution in [2.24, 2.45) is 0 Å². The summed E-state index contributed by atoms with van der Waals surface area (Å²) in [5.74, 6) is 0.817. The lowest BCUT2D eigenvalue weighted by Crippen LogP contribution is -2.06. The number of benzene rings is 1. The zero-order valence-corrected chi connectivity index (χ0v) is 9.50. The molecule has 1 aromatic rings. The van der Waals surface area contributed by atoms with E-state index in [1.165, 1.54) is 7.11 Å². The Kier molecular flexibility index (Phi) is 4.43. The summed E-state index contributed by atoms with van der Waals surface area (Å²) in [5, 5.41) is 0. The fourth-order valence-corrected chi connectivity index (χ4v) is 1.52. The van der Waals surface area contributed by atoms with E-state index in [2.05, 4.69) is 4.74 Å². The van der Waals surface area contributed by atoms with E-state index < -0.39 is 0 Å². The first kappa shape index (κ1) is 11.9. The first-order valence-electron chi connectivity index (χ1n) is 4.54. The van der Waals surface area contributed by atoms with Crippen molar-refractivity contribution in [1.82, 2.24) is 0 Å². The summed E-state index contributed by atoms with van der Waals surface area (Å²) < 4.78 is 9.75. The smallest absolute Gasteiger partial charge is 0.338 e. The minimum absolute atomic E-state index is 0.349. The average molecular weight is 229 g/mol. The Labute approximate surface area is 93.9 Å². The zero-order valence-electron chi connectivity index (χ0n) is 8.75. The Balaban J connectivity index is 3.08. The number of halogens is 1. The molecule has 0 aliphatic rings. The summed E-state index contributed by atoms with van der Waals surface area (Å²) in [6.07, 6.45) is 0.614. The number of ether oxygens (including phenoxy) is 2. The molecule has 0 bridgehead atoms. The second kappa shape index (κ2) is 5.61. The van der Waals surface area contributed by atoms with Gasteiger partial charge in [0.1, 0.15) is 5.75 Å². The first-order chi connectivity index (χ1) is 7.22. The van der Waals surface area contributed by atoms with E-state index in [1.807, 2.05) is 0 Å². The molecule has 82 valence electrons. The molecule has 0 amide bonds. The second-order valence-corrected chi connectivity index (χ2v) is 3.33. The van der Waals surface area contributed by atoms with Crippen molar-refractivity contribution in [3.8, 4) is 5.75 Å². The minimum Gasteiger partial charge on any atom is -0.497 e. The Morgan fingerprint density at radius 3 is 2.67 bits per heavy atom. The van der Waals surface area contributed by atoms with Crippen LogP contribution in [0.15, 0.2) is 18.2 Å². The molecule has 3 nitrogen and oxygen atoms in total. The lowest BCUT2D eigenvalue weighted by molar-refractivity contribution is 0.0599. The van der Waals surface area contributed by atoms with Crippen LogP contribution in [0.5, 0.6) is 5.75 Å². The topological polar surface area (TPSA) is 35.5 Å². The standard InChI is InChI=1S/C11H13ClO3/c1-14-9-3-4-10(11(13)15-2)8(7-9)5-6-12/h3-4,7H,5-6H2,1-2H3. The third-order valence-electron chi connectivity index (χ3n) is 2.08. The Morgan fingerprint density at radius 1 is 1.40 bits per heavy atom. The number of hydrogen-bond donors (Lipinski definition) is 0. The van der Waals surface area contributed by atoms with Crippen molar-refractivity contribution in [1.29, 1.82) is 0 Å². The highest BCUT2D eigenvalue weighted by atomic mass is 35.5. The van der Waals surface area contributed by atoms with Gasteiger partial charge in [0, 0.05) is 5.88 Å². The van der Waals surface area contributed by atoms with Crippen molar-refractivity contribution < 1.29 is 14.3 Å². The van der Waals surface area contributed by atoms with Gasteiger partial charge >= 0.3 is 5.97 Å². The average Bonchev–Trinajstić information content (AvgIpc) is 2.28. The Bertz CT molecular complexity index is 350. The molecule has 0 unspecified atom stereocenters. The van der Waals surface area contributed by atoms with Gasteiger partial charge in [0.15, 0.2) is 0 Å². The van der Waals surface area contributed by atoms with Gasteiger partial charge in [0.25, 0.3) is 0 Å². The molecule has 0 radical (unpaired) electrons. The molecule has 0 N–H and O–H groups in total. The monoisotopic (exact) mass is 228 g/mol.